The minimum atomic E-state index is 0.581. The maximum absolute atomic E-state index is 4.33. The molecule has 0 radical (unpaired) electrons. The van der Waals surface area contributed by atoms with Crippen molar-refractivity contribution in [1.82, 2.24) is 10.3 Å². The second-order valence-electron chi connectivity index (χ2n) is 3.10. The summed E-state index contributed by atoms with van der Waals surface area (Å²) in [6.45, 7) is 3.17. The maximum atomic E-state index is 4.33. The van der Waals surface area contributed by atoms with Crippen molar-refractivity contribution in [2.75, 3.05) is 0 Å². The van der Waals surface area contributed by atoms with Crippen molar-refractivity contribution in [2.24, 2.45) is 0 Å². The van der Waals surface area contributed by atoms with Crippen LogP contribution >= 0.6 is 0 Å². The summed E-state index contributed by atoms with van der Waals surface area (Å²) in [7, 11) is 0. The number of pyridine rings is 1. The molecule has 0 aromatic carbocycles. The van der Waals surface area contributed by atoms with E-state index in [4.69, 9.17) is 0 Å². The van der Waals surface area contributed by atoms with Crippen LogP contribution in [0, 0.1) is 0 Å². The van der Waals surface area contributed by atoms with Crippen LogP contribution in [0.4, 0.5) is 0 Å². The van der Waals surface area contributed by atoms with Crippen molar-refractivity contribution in [1.29, 1.82) is 0 Å². The number of aromatic nitrogens is 1. The molecule has 1 aliphatic heterocycles. The smallest absolute Gasteiger partial charge is 0.0463 e. The van der Waals surface area contributed by atoms with Gasteiger partial charge < -0.3 is 5.32 Å². The SMILES string of the molecule is C[C@@H]1Cc2ncccc2CN1. The minimum Gasteiger partial charge on any atom is -0.310 e. The van der Waals surface area contributed by atoms with E-state index in [0.717, 1.165) is 13.0 Å². The molecule has 1 aliphatic rings. The van der Waals surface area contributed by atoms with Crippen molar-refractivity contribution in [2.45, 2.75) is 25.9 Å². The molecule has 1 atom stereocenters. The van der Waals surface area contributed by atoms with Crippen molar-refractivity contribution >= 4 is 0 Å². The second kappa shape index (κ2) is 2.62. The zero-order valence-electron chi connectivity index (χ0n) is 6.67. The Bertz CT molecular complexity index is 257. The van der Waals surface area contributed by atoms with Gasteiger partial charge in [0.1, 0.15) is 0 Å². The average molecular weight is 148 g/mol. The highest BCUT2D eigenvalue weighted by Crippen LogP contribution is 2.12. The molecule has 0 saturated carbocycles. The van der Waals surface area contributed by atoms with Crippen molar-refractivity contribution in [3.63, 3.8) is 0 Å². The van der Waals surface area contributed by atoms with Gasteiger partial charge >= 0.3 is 0 Å². The predicted molar refractivity (Wildman–Crippen MR) is 44.2 cm³/mol. The van der Waals surface area contributed by atoms with Gasteiger partial charge in [0, 0.05) is 30.9 Å². The monoisotopic (exact) mass is 148 g/mol. The number of fused-ring (bicyclic) bond motifs is 1. The summed E-state index contributed by atoms with van der Waals surface area (Å²) < 4.78 is 0. The summed E-state index contributed by atoms with van der Waals surface area (Å²) in [6, 6.07) is 4.72. The molecule has 1 N–H and O–H groups in total. The first kappa shape index (κ1) is 6.80. The van der Waals surface area contributed by atoms with Crippen LogP contribution in [0.25, 0.3) is 0 Å². The summed E-state index contributed by atoms with van der Waals surface area (Å²) in [6.07, 6.45) is 2.94. The van der Waals surface area contributed by atoms with E-state index in [1.165, 1.54) is 11.3 Å². The molecule has 2 heteroatoms. The topological polar surface area (TPSA) is 24.9 Å². The quantitative estimate of drug-likeness (QED) is 0.596. The molecule has 11 heavy (non-hydrogen) atoms. The molecule has 2 nitrogen and oxygen atoms in total. The fourth-order valence-electron chi connectivity index (χ4n) is 1.46. The summed E-state index contributed by atoms with van der Waals surface area (Å²) in [5.41, 5.74) is 2.62. The lowest BCUT2D eigenvalue weighted by Crippen LogP contribution is -2.33. The standard InChI is InChI=1S/C9H12N2/c1-7-5-9-8(6-11-7)3-2-4-10-9/h2-4,7,11H,5-6H2,1H3/t7-/m1/s1. The maximum Gasteiger partial charge on any atom is 0.0463 e. The Labute approximate surface area is 66.7 Å². The third-order valence-electron chi connectivity index (χ3n) is 2.13. The zero-order valence-corrected chi connectivity index (χ0v) is 6.67. The lowest BCUT2D eigenvalue weighted by atomic mass is 10.0. The van der Waals surface area contributed by atoms with E-state index in [-0.39, 0.29) is 0 Å². The van der Waals surface area contributed by atoms with Gasteiger partial charge in [-0.3, -0.25) is 4.98 Å². The van der Waals surface area contributed by atoms with E-state index in [1.807, 2.05) is 12.3 Å². The van der Waals surface area contributed by atoms with Crippen LogP contribution < -0.4 is 5.32 Å². The van der Waals surface area contributed by atoms with Crippen LogP contribution in [0.15, 0.2) is 18.3 Å². The summed E-state index contributed by atoms with van der Waals surface area (Å²) in [5, 5.41) is 3.40. The van der Waals surface area contributed by atoms with Gasteiger partial charge in [0.15, 0.2) is 0 Å². The number of hydrogen-bond donors (Lipinski definition) is 1. The molecule has 1 aromatic heterocycles. The average Bonchev–Trinajstić information content (AvgIpc) is 2.04. The van der Waals surface area contributed by atoms with E-state index >= 15 is 0 Å². The summed E-state index contributed by atoms with van der Waals surface area (Å²) in [5.74, 6) is 0. The van der Waals surface area contributed by atoms with Crippen molar-refractivity contribution in [3.8, 4) is 0 Å². The van der Waals surface area contributed by atoms with Gasteiger partial charge in [0.25, 0.3) is 0 Å². The van der Waals surface area contributed by atoms with Crippen molar-refractivity contribution < 1.29 is 0 Å². The molecule has 2 rings (SSSR count). The largest absolute Gasteiger partial charge is 0.310 e. The van der Waals surface area contributed by atoms with Crippen LogP contribution in [0.3, 0.4) is 0 Å². The molecule has 0 saturated heterocycles. The third-order valence-corrected chi connectivity index (χ3v) is 2.13. The fraction of sp³-hybridized carbons (Fsp3) is 0.444. The number of nitrogens with zero attached hydrogens (tertiary/aromatic N) is 1. The highest BCUT2D eigenvalue weighted by Gasteiger charge is 2.13. The minimum absolute atomic E-state index is 0.581. The number of hydrogen-bond acceptors (Lipinski definition) is 2. The van der Waals surface area contributed by atoms with E-state index < -0.39 is 0 Å². The molecular weight excluding hydrogens is 136 g/mol. The van der Waals surface area contributed by atoms with Gasteiger partial charge in [-0.15, -0.1) is 0 Å². The Balaban J connectivity index is 2.34. The first-order valence-corrected chi connectivity index (χ1v) is 4.02. The normalized spacial score (nSPS) is 22.8. The predicted octanol–water partition coefficient (Wildman–Crippen LogP) is 1.12. The lowest BCUT2D eigenvalue weighted by Gasteiger charge is -2.21. The molecule has 0 bridgehead atoms. The van der Waals surface area contributed by atoms with E-state index in [1.54, 1.807) is 0 Å². The summed E-state index contributed by atoms with van der Waals surface area (Å²) in [4.78, 5) is 4.33. The van der Waals surface area contributed by atoms with Crippen molar-refractivity contribution in [3.05, 3.63) is 29.6 Å². The Morgan fingerprint density at radius 1 is 1.64 bits per heavy atom. The molecule has 0 spiro atoms. The molecule has 0 amide bonds. The first-order valence-electron chi connectivity index (χ1n) is 4.02. The Morgan fingerprint density at radius 3 is 3.45 bits per heavy atom. The number of nitrogens with one attached hydrogen (secondary N) is 1. The first-order chi connectivity index (χ1) is 5.36. The highest BCUT2D eigenvalue weighted by atomic mass is 14.9. The molecule has 2 heterocycles. The van der Waals surface area contributed by atoms with E-state index in [9.17, 15) is 0 Å². The van der Waals surface area contributed by atoms with Gasteiger partial charge in [-0.2, -0.15) is 0 Å². The molecule has 0 aliphatic carbocycles. The third kappa shape index (κ3) is 1.26. The summed E-state index contributed by atoms with van der Waals surface area (Å²) >= 11 is 0. The van der Waals surface area contributed by atoms with Crippen LogP contribution in [0.2, 0.25) is 0 Å². The molecule has 0 fully saturated rings. The Hall–Kier alpha value is -0.890. The number of rotatable bonds is 0. The Morgan fingerprint density at radius 2 is 2.55 bits per heavy atom. The molecule has 0 unspecified atom stereocenters. The van der Waals surface area contributed by atoms with Gasteiger partial charge in [-0.05, 0) is 18.6 Å². The zero-order chi connectivity index (χ0) is 7.68. The van der Waals surface area contributed by atoms with Gasteiger partial charge in [0.2, 0.25) is 0 Å². The van der Waals surface area contributed by atoms with Crippen LogP contribution in [-0.4, -0.2) is 11.0 Å². The second-order valence-corrected chi connectivity index (χ2v) is 3.10. The molecule has 58 valence electrons. The molecular formula is C9H12N2. The lowest BCUT2D eigenvalue weighted by molar-refractivity contribution is 0.505. The Kier molecular flexibility index (Phi) is 1.62. The fourth-order valence-corrected chi connectivity index (χ4v) is 1.46. The van der Waals surface area contributed by atoms with Crippen LogP contribution in [-0.2, 0) is 13.0 Å². The van der Waals surface area contributed by atoms with Gasteiger partial charge in [0.05, 0.1) is 0 Å². The molecule has 1 aromatic rings. The van der Waals surface area contributed by atoms with Crippen LogP contribution in [0.5, 0.6) is 0 Å². The van der Waals surface area contributed by atoms with E-state index in [2.05, 4.69) is 23.3 Å². The van der Waals surface area contributed by atoms with E-state index in [0.29, 0.717) is 6.04 Å². The van der Waals surface area contributed by atoms with Gasteiger partial charge in [-0.25, -0.2) is 0 Å². The highest BCUT2D eigenvalue weighted by molar-refractivity contribution is 5.22. The van der Waals surface area contributed by atoms with Gasteiger partial charge in [-0.1, -0.05) is 6.07 Å². The van der Waals surface area contributed by atoms with Crippen LogP contribution in [0.1, 0.15) is 18.2 Å².